The minimum atomic E-state index is -0.174. The summed E-state index contributed by atoms with van der Waals surface area (Å²) in [6, 6.07) is 12.0. The Bertz CT molecular complexity index is 591. The van der Waals surface area contributed by atoms with Crippen LogP contribution >= 0.6 is 34.8 Å². The molecule has 0 aliphatic rings. The van der Waals surface area contributed by atoms with E-state index in [1.165, 1.54) is 16.7 Å². The molecule has 0 saturated carbocycles. The van der Waals surface area contributed by atoms with Gasteiger partial charge in [-0.25, -0.2) is 0 Å². The zero-order valence-corrected chi connectivity index (χ0v) is 13.2. The van der Waals surface area contributed by atoms with Gasteiger partial charge in [-0.3, -0.25) is 0 Å². The molecule has 2 aromatic carbocycles. The maximum atomic E-state index is 6.50. The Morgan fingerprint density at radius 2 is 1.79 bits per heavy atom. The van der Waals surface area contributed by atoms with E-state index in [2.05, 4.69) is 32.0 Å². The molecule has 0 heterocycles. The first-order chi connectivity index (χ1) is 8.99. The van der Waals surface area contributed by atoms with Crippen molar-refractivity contribution in [3.05, 3.63) is 68.7 Å². The lowest BCUT2D eigenvalue weighted by Crippen LogP contribution is -1.99. The van der Waals surface area contributed by atoms with E-state index in [1.54, 1.807) is 6.07 Å². The number of aryl methyl sites for hydroxylation is 2. The lowest BCUT2D eigenvalue weighted by Gasteiger charge is -2.14. The molecule has 0 spiro atoms. The number of hydrogen-bond donors (Lipinski definition) is 0. The molecule has 2 aromatic rings. The van der Waals surface area contributed by atoms with Crippen LogP contribution in [-0.2, 0) is 6.42 Å². The van der Waals surface area contributed by atoms with Gasteiger partial charge >= 0.3 is 0 Å². The number of benzene rings is 2. The Morgan fingerprint density at radius 3 is 2.53 bits per heavy atom. The van der Waals surface area contributed by atoms with Gasteiger partial charge in [0.25, 0.3) is 0 Å². The molecule has 0 saturated heterocycles. The van der Waals surface area contributed by atoms with Crippen molar-refractivity contribution in [3.63, 3.8) is 0 Å². The van der Waals surface area contributed by atoms with Crippen molar-refractivity contribution in [1.82, 2.24) is 0 Å². The second-order valence-corrected chi connectivity index (χ2v) is 6.06. The molecule has 1 unspecified atom stereocenters. The molecular weight excluding hydrogens is 299 g/mol. The predicted molar refractivity (Wildman–Crippen MR) is 84.7 cm³/mol. The smallest absolute Gasteiger partial charge is 0.0640 e. The van der Waals surface area contributed by atoms with Gasteiger partial charge in [0.05, 0.1) is 15.4 Å². The molecule has 0 amide bonds. The van der Waals surface area contributed by atoms with Gasteiger partial charge in [-0.15, -0.1) is 11.6 Å². The summed E-state index contributed by atoms with van der Waals surface area (Å²) in [7, 11) is 0. The fraction of sp³-hybridized carbons (Fsp3) is 0.250. The molecule has 100 valence electrons. The standard InChI is InChI=1S/C16H15Cl3/c1-10-6-7-11(2)12(8-10)9-15(18)13-4-3-5-14(17)16(13)19/h3-8,15H,9H2,1-2H3. The SMILES string of the molecule is Cc1ccc(C)c(CC(Cl)c2cccc(Cl)c2Cl)c1. The Morgan fingerprint density at radius 1 is 1.05 bits per heavy atom. The second-order valence-electron chi connectivity index (χ2n) is 4.74. The third-order valence-corrected chi connectivity index (χ3v) is 4.45. The van der Waals surface area contributed by atoms with E-state index in [0.717, 1.165) is 12.0 Å². The van der Waals surface area contributed by atoms with Crippen molar-refractivity contribution in [1.29, 1.82) is 0 Å². The van der Waals surface area contributed by atoms with Crippen LogP contribution < -0.4 is 0 Å². The van der Waals surface area contributed by atoms with Crippen LogP contribution in [0.25, 0.3) is 0 Å². The zero-order valence-electron chi connectivity index (χ0n) is 10.9. The highest BCUT2D eigenvalue weighted by Gasteiger charge is 2.15. The van der Waals surface area contributed by atoms with Gasteiger partial charge in [0.2, 0.25) is 0 Å². The number of rotatable bonds is 3. The average Bonchev–Trinajstić information content (AvgIpc) is 2.37. The monoisotopic (exact) mass is 312 g/mol. The number of alkyl halides is 1. The van der Waals surface area contributed by atoms with Gasteiger partial charge in [0.1, 0.15) is 0 Å². The first kappa shape index (κ1) is 14.7. The predicted octanol–water partition coefficient (Wildman–Crippen LogP) is 6.13. The highest BCUT2D eigenvalue weighted by atomic mass is 35.5. The van der Waals surface area contributed by atoms with Gasteiger partial charge in [-0.2, -0.15) is 0 Å². The van der Waals surface area contributed by atoms with Crippen LogP contribution in [-0.4, -0.2) is 0 Å². The summed E-state index contributed by atoms with van der Waals surface area (Å²) < 4.78 is 0. The van der Waals surface area contributed by atoms with Gasteiger partial charge in [-0.1, -0.05) is 59.1 Å². The zero-order chi connectivity index (χ0) is 14.0. The molecule has 1 atom stereocenters. The highest BCUT2D eigenvalue weighted by Crippen LogP contribution is 2.35. The van der Waals surface area contributed by atoms with Gasteiger partial charge in [0.15, 0.2) is 0 Å². The van der Waals surface area contributed by atoms with E-state index in [0.29, 0.717) is 10.0 Å². The fourth-order valence-electron chi connectivity index (χ4n) is 2.09. The van der Waals surface area contributed by atoms with Crippen LogP contribution in [0.4, 0.5) is 0 Å². The quantitative estimate of drug-likeness (QED) is 0.598. The summed E-state index contributed by atoms with van der Waals surface area (Å²) in [6.45, 7) is 4.18. The van der Waals surface area contributed by atoms with E-state index >= 15 is 0 Å². The molecule has 0 fully saturated rings. The highest BCUT2D eigenvalue weighted by molar-refractivity contribution is 6.43. The minimum absolute atomic E-state index is 0.174. The molecule has 0 aliphatic heterocycles. The first-order valence-electron chi connectivity index (χ1n) is 6.13. The van der Waals surface area contributed by atoms with Crippen LogP contribution in [0.15, 0.2) is 36.4 Å². The summed E-state index contributed by atoms with van der Waals surface area (Å²) in [4.78, 5) is 0. The van der Waals surface area contributed by atoms with Crippen LogP contribution in [0, 0.1) is 13.8 Å². The largest absolute Gasteiger partial charge is 0.117 e. The minimum Gasteiger partial charge on any atom is -0.117 e. The number of halogens is 3. The van der Waals surface area contributed by atoms with Crippen molar-refractivity contribution in [3.8, 4) is 0 Å². The maximum Gasteiger partial charge on any atom is 0.0640 e. The van der Waals surface area contributed by atoms with Crippen LogP contribution in [0.1, 0.15) is 27.6 Å². The molecule has 0 radical (unpaired) electrons. The molecule has 0 bridgehead atoms. The number of hydrogen-bond acceptors (Lipinski definition) is 0. The van der Waals surface area contributed by atoms with Crippen molar-refractivity contribution >= 4 is 34.8 Å². The second kappa shape index (κ2) is 6.17. The third kappa shape index (κ3) is 3.45. The van der Waals surface area contributed by atoms with Crippen molar-refractivity contribution in [2.24, 2.45) is 0 Å². The normalized spacial score (nSPS) is 12.5. The Hall–Kier alpha value is -0.690. The first-order valence-corrected chi connectivity index (χ1v) is 7.32. The molecule has 3 heteroatoms. The molecule has 2 rings (SSSR count). The topological polar surface area (TPSA) is 0 Å². The van der Waals surface area contributed by atoms with Crippen LogP contribution in [0.3, 0.4) is 0 Å². The van der Waals surface area contributed by atoms with E-state index < -0.39 is 0 Å². The summed E-state index contributed by atoms with van der Waals surface area (Å²) in [6.07, 6.45) is 0.745. The van der Waals surface area contributed by atoms with Gasteiger partial charge < -0.3 is 0 Å². The molecule has 0 N–H and O–H groups in total. The lowest BCUT2D eigenvalue weighted by atomic mass is 9.98. The summed E-state index contributed by atoms with van der Waals surface area (Å²) >= 11 is 18.7. The van der Waals surface area contributed by atoms with E-state index in [9.17, 15) is 0 Å². The van der Waals surface area contributed by atoms with Crippen LogP contribution in [0.5, 0.6) is 0 Å². The molecule has 0 aromatic heterocycles. The summed E-state index contributed by atoms with van der Waals surface area (Å²) in [5, 5.41) is 0.923. The van der Waals surface area contributed by atoms with Gasteiger partial charge in [0, 0.05) is 0 Å². The van der Waals surface area contributed by atoms with E-state index in [-0.39, 0.29) is 5.38 Å². The summed E-state index contributed by atoms with van der Waals surface area (Å²) in [5.41, 5.74) is 4.61. The van der Waals surface area contributed by atoms with Crippen LogP contribution in [0.2, 0.25) is 10.0 Å². The van der Waals surface area contributed by atoms with Crippen molar-refractivity contribution < 1.29 is 0 Å². The molecular formula is C16H15Cl3. The summed E-state index contributed by atoms with van der Waals surface area (Å²) in [5.74, 6) is 0. The van der Waals surface area contributed by atoms with Crippen molar-refractivity contribution in [2.75, 3.05) is 0 Å². The lowest BCUT2D eigenvalue weighted by molar-refractivity contribution is 0.909. The van der Waals surface area contributed by atoms with Crippen molar-refractivity contribution in [2.45, 2.75) is 25.6 Å². The third-order valence-electron chi connectivity index (χ3n) is 3.22. The Kier molecular flexibility index (Phi) is 4.78. The molecule has 0 aliphatic carbocycles. The van der Waals surface area contributed by atoms with E-state index in [4.69, 9.17) is 34.8 Å². The van der Waals surface area contributed by atoms with Gasteiger partial charge in [-0.05, 0) is 43.0 Å². The Balaban J connectivity index is 2.28. The Labute approximate surface area is 129 Å². The average molecular weight is 314 g/mol. The molecule has 0 nitrogen and oxygen atoms in total. The van der Waals surface area contributed by atoms with E-state index in [1.807, 2.05) is 12.1 Å². The maximum absolute atomic E-state index is 6.50. The fourth-order valence-corrected chi connectivity index (χ4v) is 2.93. The molecule has 19 heavy (non-hydrogen) atoms.